The van der Waals surface area contributed by atoms with Gasteiger partial charge in [-0.1, -0.05) is 44.2 Å². The van der Waals surface area contributed by atoms with E-state index in [2.05, 4.69) is 31.3 Å². The Labute approximate surface area is 155 Å². The smallest absolute Gasteiger partial charge is 0.338 e. The lowest BCUT2D eigenvalue weighted by molar-refractivity contribution is -0.117. The molecule has 2 aromatic rings. The van der Waals surface area contributed by atoms with E-state index in [1.165, 1.54) is 5.56 Å². The number of nitrogens with one attached hydrogen (secondary N) is 1. The Morgan fingerprint density at radius 1 is 1.04 bits per heavy atom. The first kappa shape index (κ1) is 19.7. The zero-order valence-corrected chi connectivity index (χ0v) is 15.9. The van der Waals surface area contributed by atoms with Gasteiger partial charge in [-0.05, 0) is 55.5 Å². The monoisotopic (exact) mass is 353 g/mol. The van der Waals surface area contributed by atoms with Gasteiger partial charge in [0.1, 0.15) is 0 Å². The Balaban J connectivity index is 2.05. The third kappa shape index (κ3) is 5.45. The van der Waals surface area contributed by atoms with Gasteiger partial charge in [-0.3, -0.25) is 4.79 Å². The van der Waals surface area contributed by atoms with Crippen LogP contribution in [0.4, 0.5) is 5.69 Å². The summed E-state index contributed by atoms with van der Waals surface area (Å²) in [7, 11) is 0. The van der Waals surface area contributed by atoms with Crippen LogP contribution in [-0.4, -0.2) is 18.5 Å². The number of anilines is 1. The largest absolute Gasteiger partial charge is 0.462 e. The second-order valence-corrected chi connectivity index (χ2v) is 6.85. The van der Waals surface area contributed by atoms with Crippen molar-refractivity contribution < 1.29 is 14.3 Å². The number of rotatable bonds is 7. The van der Waals surface area contributed by atoms with Crippen LogP contribution < -0.4 is 5.32 Å². The molecular formula is C22H27NO3. The van der Waals surface area contributed by atoms with Gasteiger partial charge in [0, 0.05) is 5.69 Å². The van der Waals surface area contributed by atoms with E-state index < -0.39 is 5.97 Å². The van der Waals surface area contributed by atoms with Crippen molar-refractivity contribution in [3.8, 4) is 0 Å². The first-order valence-electron chi connectivity index (χ1n) is 9.07. The van der Waals surface area contributed by atoms with Crippen LogP contribution in [0.2, 0.25) is 0 Å². The second-order valence-electron chi connectivity index (χ2n) is 6.85. The molecule has 0 saturated heterocycles. The average molecular weight is 353 g/mol. The normalized spacial score (nSPS) is 11.9. The van der Waals surface area contributed by atoms with Gasteiger partial charge in [0.25, 0.3) is 0 Å². The molecule has 0 spiro atoms. The van der Waals surface area contributed by atoms with Gasteiger partial charge in [0.05, 0.1) is 18.1 Å². The Bertz CT molecular complexity index is 750. The van der Waals surface area contributed by atoms with Crippen LogP contribution in [0.1, 0.15) is 55.1 Å². The second kappa shape index (κ2) is 9.18. The van der Waals surface area contributed by atoms with Crippen molar-refractivity contribution in [2.75, 3.05) is 11.9 Å². The topological polar surface area (TPSA) is 55.4 Å². The summed E-state index contributed by atoms with van der Waals surface area (Å²) in [6.45, 7) is 8.33. The van der Waals surface area contributed by atoms with Crippen molar-refractivity contribution in [1.29, 1.82) is 0 Å². The SMILES string of the molecule is CCOC(=O)c1cccc(NC(=O)[C@@H](C)c2ccc(CC(C)C)cc2)c1. The van der Waals surface area contributed by atoms with Gasteiger partial charge in [0.2, 0.25) is 5.91 Å². The van der Waals surface area contributed by atoms with Gasteiger partial charge < -0.3 is 10.1 Å². The molecule has 1 atom stereocenters. The van der Waals surface area contributed by atoms with Crippen molar-refractivity contribution >= 4 is 17.6 Å². The fourth-order valence-corrected chi connectivity index (χ4v) is 2.75. The predicted octanol–water partition coefficient (Wildman–Crippen LogP) is 4.80. The van der Waals surface area contributed by atoms with E-state index in [4.69, 9.17) is 4.74 Å². The molecule has 1 N–H and O–H groups in total. The number of ether oxygens (including phenoxy) is 1. The van der Waals surface area contributed by atoms with E-state index in [0.29, 0.717) is 23.8 Å². The fraction of sp³-hybridized carbons (Fsp3) is 0.364. The number of benzene rings is 2. The molecule has 0 bridgehead atoms. The van der Waals surface area contributed by atoms with Crippen LogP contribution in [0.25, 0.3) is 0 Å². The van der Waals surface area contributed by atoms with Crippen LogP contribution in [-0.2, 0) is 16.0 Å². The molecule has 26 heavy (non-hydrogen) atoms. The van der Waals surface area contributed by atoms with Crippen LogP contribution >= 0.6 is 0 Å². The molecule has 4 nitrogen and oxygen atoms in total. The quantitative estimate of drug-likeness (QED) is 0.727. The standard InChI is InChI=1S/C22H27NO3/c1-5-26-22(25)19-7-6-8-20(14-19)23-21(24)16(4)18-11-9-17(10-12-18)13-15(2)3/h6-12,14-16H,5,13H2,1-4H3,(H,23,24)/t16-/m0/s1. The zero-order valence-electron chi connectivity index (χ0n) is 15.9. The summed E-state index contributed by atoms with van der Waals surface area (Å²) >= 11 is 0. The van der Waals surface area contributed by atoms with E-state index in [1.807, 2.05) is 19.1 Å². The first-order chi connectivity index (χ1) is 12.4. The maximum atomic E-state index is 12.6. The predicted molar refractivity (Wildman–Crippen MR) is 104 cm³/mol. The summed E-state index contributed by atoms with van der Waals surface area (Å²) in [5.74, 6) is -0.178. The Morgan fingerprint density at radius 3 is 2.35 bits per heavy atom. The van der Waals surface area contributed by atoms with E-state index in [9.17, 15) is 9.59 Å². The molecule has 4 heteroatoms. The molecule has 0 aliphatic carbocycles. The van der Waals surface area contributed by atoms with Gasteiger partial charge in [-0.2, -0.15) is 0 Å². The van der Waals surface area contributed by atoms with Crippen LogP contribution in [0, 0.1) is 5.92 Å². The molecule has 2 rings (SSSR count). The number of carbonyl (C=O) groups excluding carboxylic acids is 2. The number of amides is 1. The van der Waals surface area contributed by atoms with Crippen molar-refractivity contribution in [2.45, 2.75) is 40.0 Å². The van der Waals surface area contributed by atoms with Gasteiger partial charge in [-0.15, -0.1) is 0 Å². The number of esters is 1. The number of hydrogen-bond donors (Lipinski definition) is 1. The molecular weight excluding hydrogens is 326 g/mol. The molecule has 0 saturated carbocycles. The molecule has 0 fully saturated rings. The summed E-state index contributed by atoms with van der Waals surface area (Å²) in [5.41, 5.74) is 3.26. The summed E-state index contributed by atoms with van der Waals surface area (Å²) in [6.07, 6.45) is 1.03. The van der Waals surface area contributed by atoms with Gasteiger partial charge >= 0.3 is 5.97 Å². The van der Waals surface area contributed by atoms with E-state index in [1.54, 1.807) is 31.2 Å². The zero-order chi connectivity index (χ0) is 19.1. The van der Waals surface area contributed by atoms with Crippen LogP contribution in [0.5, 0.6) is 0 Å². The highest BCUT2D eigenvalue weighted by Gasteiger charge is 2.16. The van der Waals surface area contributed by atoms with Crippen LogP contribution in [0.3, 0.4) is 0 Å². The Morgan fingerprint density at radius 2 is 1.73 bits per heavy atom. The van der Waals surface area contributed by atoms with Crippen molar-refractivity contribution in [3.05, 3.63) is 65.2 Å². The molecule has 0 heterocycles. The average Bonchev–Trinajstić information content (AvgIpc) is 2.61. The van der Waals surface area contributed by atoms with Crippen molar-refractivity contribution in [1.82, 2.24) is 0 Å². The summed E-state index contributed by atoms with van der Waals surface area (Å²) in [6, 6.07) is 15.0. The fourth-order valence-electron chi connectivity index (χ4n) is 2.75. The Kier molecular flexibility index (Phi) is 6.96. The van der Waals surface area contributed by atoms with Crippen molar-refractivity contribution in [2.24, 2.45) is 5.92 Å². The van der Waals surface area contributed by atoms with E-state index in [-0.39, 0.29) is 11.8 Å². The minimum Gasteiger partial charge on any atom is -0.462 e. The van der Waals surface area contributed by atoms with Crippen molar-refractivity contribution in [3.63, 3.8) is 0 Å². The maximum absolute atomic E-state index is 12.6. The summed E-state index contributed by atoms with van der Waals surface area (Å²) < 4.78 is 4.99. The molecule has 0 unspecified atom stereocenters. The number of carbonyl (C=O) groups is 2. The van der Waals surface area contributed by atoms with E-state index in [0.717, 1.165) is 12.0 Å². The van der Waals surface area contributed by atoms with E-state index >= 15 is 0 Å². The molecule has 0 radical (unpaired) electrons. The first-order valence-corrected chi connectivity index (χ1v) is 9.07. The molecule has 0 aliphatic heterocycles. The minimum absolute atomic E-state index is 0.109. The lowest BCUT2D eigenvalue weighted by Gasteiger charge is -2.14. The third-order valence-electron chi connectivity index (χ3n) is 4.16. The summed E-state index contributed by atoms with van der Waals surface area (Å²) in [5, 5.41) is 2.88. The minimum atomic E-state index is -0.391. The molecule has 2 aromatic carbocycles. The maximum Gasteiger partial charge on any atom is 0.338 e. The molecule has 0 aliphatic rings. The lowest BCUT2D eigenvalue weighted by atomic mass is 9.96. The Hall–Kier alpha value is -2.62. The summed E-state index contributed by atoms with van der Waals surface area (Å²) in [4.78, 5) is 24.4. The molecule has 138 valence electrons. The molecule has 0 aromatic heterocycles. The number of hydrogen-bond acceptors (Lipinski definition) is 3. The highest BCUT2D eigenvalue weighted by Crippen LogP contribution is 2.20. The van der Waals surface area contributed by atoms with Gasteiger partial charge in [0.15, 0.2) is 0 Å². The van der Waals surface area contributed by atoms with Gasteiger partial charge in [-0.25, -0.2) is 4.79 Å². The highest BCUT2D eigenvalue weighted by molar-refractivity contribution is 5.97. The highest BCUT2D eigenvalue weighted by atomic mass is 16.5. The molecule has 1 amide bonds. The van der Waals surface area contributed by atoms with Crippen LogP contribution in [0.15, 0.2) is 48.5 Å². The third-order valence-corrected chi connectivity index (χ3v) is 4.16. The lowest BCUT2D eigenvalue weighted by Crippen LogP contribution is -2.19.